The Morgan fingerprint density at radius 1 is 1.00 bits per heavy atom. The fourth-order valence-electron chi connectivity index (χ4n) is 4.49. The highest BCUT2D eigenvalue weighted by atomic mass is 32.1. The number of nitrogens with one attached hydrogen (secondary N) is 2. The van der Waals surface area contributed by atoms with Crippen molar-refractivity contribution in [3.63, 3.8) is 0 Å². The number of aryl methyl sites for hydroxylation is 3. The van der Waals surface area contributed by atoms with Crippen LogP contribution in [-0.2, 0) is 0 Å². The lowest BCUT2D eigenvalue weighted by Gasteiger charge is -2.10. The molecule has 1 amide bonds. The molecule has 0 spiro atoms. The van der Waals surface area contributed by atoms with Crippen LogP contribution in [0.2, 0.25) is 0 Å². The molecular formula is C31H28N6O3S. The Hall–Kier alpha value is -5.09. The Kier molecular flexibility index (Phi) is 7.75. The van der Waals surface area contributed by atoms with Crippen LogP contribution < -0.4 is 10.7 Å². The second kappa shape index (κ2) is 11.6. The van der Waals surface area contributed by atoms with E-state index in [0.717, 1.165) is 39.0 Å². The van der Waals surface area contributed by atoms with Crippen molar-refractivity contribution < 1.29 is 9.72 Å². The molecule has 2 heterocycles. The molecule has 0 saturated carbocycles. The van der Waals surface area contributed by atoms with Crippen LogP contribution in [0.25, 0.3) is 16.9 Å². The summed E-state index contributed by atoms with van der Waals surface area (Å²) in [6, 6.07) is 22.4. The van der Waals surface area contributed by atoms with E-state index in [1.54, 1.807) is 37.4 Å². The Bertz CT molecular complexity index is 1770. The summed E-state index contributed by atoms with van der Waals surface area (Å²) in [5, 5.41) is 21.6. The highest BCUT2D eigenvalue weighted by molar-refractivity contribution is 7.14. The van der Waals surface area contributed by atoms with E-state index in [-0.39, 0.29) is 16.5 Å². The van der Waals surface area contributed by atoms with Gasteiger partial charge in [-0.15, -0.1) is 11.3 Å². The summed E-state index contributed by atoms with van der Waals surface area (Å²) in [5.74, 6) is -0.337. The standard InChI is InChI=1S/C31H28N6O3S/c1-19-5-12-26(13-6-19)33-31-34-28(18-41-31)23-8-10-24(11-9-23)30(38)35-32-17-25-15-21(3)36(22(25)4)27-14-7-20(2)29(16-27)37(39)40/h5-18H,1-4H3,(H,33,34)(H,35,38)/b32-17-. The molecule has 10 heteroatoms. The second-order valence-electron chi connectivity index (χ2n) is 9.70. The SMILES string of the molecule is Cc1ccc(Nc2nc(-c3ccc(C(=O)N/N=C\c4cc(C)n(-c5ccc(C)c([N+](=O)[O-])c5)c4C)cc3)cs2)cc1. The first-order valence-corrected chi connectivity index (χ1v) is 13.7. The highest BCUT2D eigenvalue weighted by Crippen LogP contribution is 2.28. The molecule has 0 aliphatic carbocycles. The molecule has 0 saturated heterocycles. The average molecular weight is 565 g/mol. The van der Waals surface area contributed by atoms with E-state index in [0.29, 0.717) is 16.8 Å². The lowest BCUT2D eigenvalue weighted by Crippen LogP contribution is -2.17. The molecule has 9 nitrogen and oxygen atoms in total. The van der Waals surface area contributed by atoms with Gasteiger partial charge in [-0.05, 0) is 64.1 Å². The molecule has 5 aromatic rings. The quantitative estimate of drug-likeness (QED) is 0.117. The number of carbonyl (C=O) groups excluding carboxylic acids is 1. The van der Waals surface area contributed by atoms with Crippen LogP contribution in [0.1, 0.15) is 38.4 Å². The minimum absolute atomic E-state index is 0.0673. The normalized spacial score (nSPS) is 11.1. The predicted octanol–water partition coefficient (Wildman–Crippen LogP) is 7.25. The van der Waals surface area contributed by atoms with Crippen LogP contribution in [0, 0.1) is 37.8 Å². The van der Waals surface area contributed by atoms with E-state index >= 15 is 0 Å². The predicted molar refractivity (Wildman–Crippen MR) is 164 cm³/mol. The number of hydrazone groups is 1. The molecule has 0 atom stereocenters. The number of hydrogen-bond acceptors (Lipinski definition) is 7. The Morgan fingerprint density at radius 3 is 2.44 bits per heavy atom. The number of hydrogen-bond donors (Lipinski definition) is 2. The molecule has 2 aromatic heterocycles. The molecule has 0 aliphatic heterocycles. The maximum atomic E-state index is 12.7. The van der Waals surface area contributed by atoms with Gasteiger partial charge in [-0.3, -0.25) is 14.9 Å². The van der Waals surface area contributed by atoms with Crippen molar-refractivity contribution in [3.8, 4) is 16.9 Å². The molecule has 2 N–H and O–H groups in total. The van der Waals surface area contributed by atoms with Crippen LogP contribution in [0.5, 0.6) is 0 Å². The number of nitro benzene ring substituents is 1. The zero-order chi connectivity index (χ0) is 29.1. The summed E-state index contributed by atoms with van der Waals surface area (Å²) in [6.45, 7) is 7.58. The summed E-state index contributed by atoms with van der Waals surface area (Å²) in [7, 11) is 0. The topological polar surface area (TPSA) is 114 Å². The maximum absolute atomic E-state index is 12.7. The average Bonchev–Trinajstić information content (AvgIpc) is 3.53. The zero-order valence-corrected chi connectivity index (χ0v) is 23.8. The molecule has 41 heavy (non-hydrogen) atoms. The second-order valence-corrected chi connectivity index (χ2v) is 10.6. The lowest BCUT2D eigenvalue weighted by molar-refractivity contribution is -0.385. The summed E-state index contributed by atoms with van der Waals surface area (Å²) < 4.78 is 1.93. The number of benzene rings is 3. The number of thiazole rings is 1. The molecule has 0 bridgehead atoms. The van der Waals surface area contributed by atoms with Gasteiger partial charge >= 0.3 is 0 Å². The van der Waals surface area contributed by atoms with Crippen molar-refractivity contribution in [2.24, 2.45) is 5.10 Å². The Labute approximate surface area is 241 Å². The van der Waals surface area contributed by atoms with Gasteiger partial charge in [0.25, 0.3) is 11.6 Å². The number of rotatable bonds is 8. The van der Waals surface area contributed by atoms with E-state index < -0.39 is 0 Å². The number of anilines is 2. The van der Waals surface area contributed by atoms with Gasteiger partial charge in [0, 0.05) is 50.8 Å². The largest absolute Gasteiger partial charge is 0.332 e. The van der Waals surface area contributed by atoms with E-state index in [1.807, 2.05) is 79.2 Å². The van der Waals surface area contributed by atoms with E-state index in [1.165, 1.54) is 16.9 Å². The van der Waals surface area contributed by atoms with Crippen molar-refractivity contribution in [1.82, 2.24) is 15.0 Å². The fraction of sp³-hybridized carbons (Fsp3) is 0.129. The summed E-state index contributed by atoms with van der Waals surface area (Å²) >= 11 is 1.52. The fourth-order valence-corrected chi connectivity index (χ4v) is 5.23. The summed E-state index contributed by atoms with van der Waals surface area (Å²) in [5.41, 5.74) is 10.8. The Morgan fingerprint density at radius 2 is 1.73 bits per heavy atom. The third-order valence-corrected chi connectivity index (χ3v) is 7.50. The van der Waals surface area contributed by atoms with Gasteiger partial charge in [-0.25, -0.2) is 10.4 Å². The minimum Gasteiger partial charge on any atom is -0.332 e. The van der Waals surface area contributed by atoms with E-state index in [4.69, 9.17) is 0 Å². The molecular weight excluding hydrogens is 536 g/mol. The molecule has 3 aromatic carbocycles. The molecule has 5 rings (SSSR count). The van der Waals surface area contributed by atoms with Gasteiger partial charge in [0.15, 0.2) is 5.13 Å². The number of amides is 1. The maximum Gasteiger partial charge on any atom is 0.274 e. The number of nitrogens with zero attached hydrogens (tertiary/aromatic N) is 4. The summed E-state index contributed by atoms with van der Waals surface area (Å²) in [4.78, 5) is 28.4. The number of aromatic nitrogens is 2. The summed E-state index contributed by atoms with van der Waals surface area (Å²) in [6.07, 6.45) is 1.57. The van der Waals surface area contributed by atoms with Gasteiger partial charge in [0.1, 0.15) is 0 Å². The van der Waals surface area contributed by atoms with E-state index in [2.05, 4.69) is 20.8 Å². The molecule has 0 unspecified atom stereocenters. The molecule has 206 valence electrons. The highest BCUT2D eigenvalue weighted by Gasteiger charge is 2.15. The van der Waals surface area contributed by atoms with Crippen LogP contribution in [-0.4, -0.2) is 26.6 Å². The lowest BCUT2D eigenvalue weighted by atomic mass is 10.1. The third kappa shape index (κ3) is 6.07. The zero-order valence-electron chi connectivity index (χ0n) is 23.0. The first-order valence-electron chi connectivity index (χ1n) is 12.9. The van der Waals surface area contributed by atoms with Crippen LogP contribution >= 0.6 is 11.3 Å². The van der Waals surface area contributed by atoms with E-state index in [9.17, 15) is 14.9 Å². The monoisotopic (exact) mass is 564 g/mol. The first kappa shape index (κ1) is 27.5. The van der Waals surface area contributed by atoms with Crippen molar-refractivity contribution in [1.29, 1.82) is 0 Å². The van der Waals surface area contributed by atoms with Crippen LogP contribution in [0.3, 0.4) is 0 Å². The van der Waals surface area contributed by atoms with Crippen molar-refractivity contribution >= 4 is 40.0 Å². The Balaban J connectivity index is 1.24. The number of carbonyl (C=O) groups is 1. The molecule has 0 fully saturated rings. The van der Waals surface area contributed by atoms with Crippen molar-refractivity contribution in [3.05, 3.63) is 122 Å². The third-order valence-electron chi connectivity index (χ3n) is 6.74. The smallest absolute Gasteiger partial charge is 0.274 e. The molecule has 0 aliphatic rings. The van der Waals surface area contributed by atoms with Gasteiger partial charge in [0.2, 0.25) is 0 Å². The molecule has 0 radical (unpaired) electrons. The van der Waals surface area contributed by atoms with Crippen molar-refractivity contribution in [2.75, 3.05) is 5.32 Å². The van der Waals surface area contributed by atoms with Gasteiger partial charge in [-0.2, -0.15) is 5.10 Å². The van der Waals surface area contributed by atoms with Crippen LogP contribution in [0.15, 0.2) is 83.3 Å². The van der Waals surface area contributed by atoms with Crippen molar-refractivity contribution in [2.45, 2.75) is 27.7 Å². The first-order chi connectivity index (χ1) is 19.7. The van der Waals surface area contributed by atoms with Crippen LogP contribution in [0.4, 0.5) is 16.5 Å². The van der Waals surface area contributed by atoms with Gasteiger partial charge < -0.3 is 9.88 Å². The number of nitro groups is 1. The van der Waals surface area contributed by atoms with Gasteiger partial charge in [0.05, 0.1) is 22.5 Å². The minimum atomic E-state index is -0.380. The van der Waals surface area contributed by atoms with Gasteiger partial charge in [-0.1, -0.05) is 35.9 Å².